The van der Waals surface area contributed by atoms with Crippen LogP contribution in [0.5, 0.6) is 0 Å². The number of benzene rings is 1. The lowest BCUT2D eigenvalue weighted by Gasteiger charge is -2.54. The molecule has 0 aliphatic carbocycles. The van der Waals surface area contributed by atoms with Crippen LogP contribution in [0, 0.1) is 34.9 Å². The standard InChI is InChI=1S/C22H19N5OS/c23-14-17-19(16-8-3-1-4-9-16)20(27-11-5-2-6-12-27)22(28,18-10-7-13-29-18)26-21(17)25-15-24/h1-13,17,19-20,25-26,28H. The van der Waals surface area contributed by atoms with Crippen molar-refractivity contribution in [3.8, 4) is 12.3 Å². The molecule has 4 atom stereocenters. The molecule has 1 fully saturated rings. The predicted octanol–water partition coefficient (Wildman–Crippen LogP) is 2.51. The minimum Gasteiger partial charge on any atom is -0.454 e. The molecule has 29 heavy (non-hydrogen) atoms. The first-order valence-corrected chi connectivity index (χ1v) is 10.0. The average molecular weight is 401 g/mol. The van der Waals surface area contributed by atoms with Crippen LogP contribution >= 0.6 is 11.3 Å². The van der Waals surface area contributed by atoms with Crippen LogP contribution in [0.4, 0.5) is 0 Å². The van der Waals surface area contributed by atoms with Crippen molar-refractivity contribution in [3.63, 3.8) is 0 Å². The number of thiophene rings is 1. The molecule has 0 bridgehead atoms. The second-order valence-corrected chi connectivity index (χ2v) is 7.78. The number of pyridine rings is 1. The van der Waals surface area contributed by atoms with E-state index in [0.29, 0.717) is 11.0 Å². The first kappa shape index (κ1) is 19.1. The smallest absolute Gasteiger partial charge is 0.208 e. The number of nitrogens with one attached hydrogen (secondary N) is 2. The number of nitriles is 2. The first-order valence-electron chi connectivity index (χ1n) is 9.16. The summed E-state index contributed by atoms with van der Waals surface area (Å²) >= 11 is 1.42. The topological polar surface area (TPSA) is 95.8 Å². The lowest BCUT2D eigenvalue weighted by atomic mass is 9.71. The van der Waals surface area contributed by atoms with Crippen LogP contribution in [0.2, 0.25) is 0 Å². The molecule has 7 heteroatoms. The van der Waals surface area contributed by atoms with Gasteiger partial charge in [-0.2, -0.15) is 9.83 Å². The van der Waals surface area contributed by atoms with Crippen molar-refractivity contribution in [2.24, 2.45) is 5.92 Å². The van der Waals surface area contributed by atoms with Gasteiger partial charge in [0.2, 0.25) is 6.04 Å². The molecule has 6 nitrogen and oxygen atoms in total. The van der Waals surface area contributed by atoms with Crippen molar-refractivity contribution in [1.82, 2.24) is 10.6 Å². The van der Waals surface area contributed by atoms with E-state index >= 15 is 0 Å². The molecule has 144 valence electrons. The van der Waals surface area contributed by atoms with E-state index < -0.39 is 23.6 Å². The Labute approximate surface area is 173 Å². The highest BCUT2D eigenvalue weighted by atomic mass is 32.1. The van der Waals surface area contributed by atoms with E-state index in [4.69, 9.17) is 0 Å². The minimum atomic E-state index is -1.52. The van der Waals surface area contributed by atoms with Crippen LogP contribution in [-0.4, -0.2) is 5.11 Å². The van der Waals surface area contributed by atoms with E-state index in [1.807, 2.05) is 89.2 Å². The number of nitrogens with zero attached hydrogens (tertiary/aromatic N) is 3. The fourth-order valence-electron chi connectivity index (χ4n) is 4.04. The molecule has 0 spiro atoms. The Hall–Kier alpha value is -3.23. The molecular weight excluding hydrogens is 382 g/mol. The van der Waals surface area contributed by atoms with Crippen LogP contribution in [0.1, 0.15) is 22.4 Å². The largest absolute Gasteiger partial charge is 0.454 e. The van der Waals surface area contributed by atoms with Gasteiger partial charge in [0.15, 0.2) is 18.1 Å². The van der Waals surface area contributed by atoms with E-state index in [1.54, 1.807) is 0 Å². The summed E-state index contributed by atoms with van der Waals surface area (Å²) in [4.78, 5) is 0.702. The van der Waals surface area contributed by atoms with Gasteiger partial charge in [0.05, 0.1) is 4.88 Å². The molecule has 0 amide bonds. The lowest BCUT2D eigenvalue weighted by Crippen LogP contribution is -2.67. The fourth-order valence-corrected chi connectivity index (χ4v) is 4.86. The summed E-state index contributed by atoms with van der Waals surface area (Å²) in [6.45, 7) is 0. The SMILES string of the molecule is N#CN[C-]1NC(O)(c2cccs2)C([n+]2ccccc2)C(c2ccccc2)C1C#N. The number of rotatable bonds is 4. The third-order valence-corrected chi connectivity index (χ3v) is 6.23. The summed E-state index contributed by atoms with van der Waals surface area (Å²) < 4.78 is 1.93. The average Bonchev–Trinajstić information content (AvgIpc) is 3.31. The number of hydrogen-bond donors (Lipinski definition) is 3. The number of aromatic nitrogens is 1. The Morgan fingerprint density at radius 2 is 1.79 bits per heavy atom. The maximum Gasteiger partial charge on any atom is 0.208 e. The van der Waals surface area contributed by atoms with Gasteiger partial charge in [0.1, 0.15) is 6.19 Å². The minimum absolute atomic E-state index is 0.299. The molecule has 3 heterocycles. The molecule has 0 saturated carbocycles. The number of hydrogen-bond acceptors (Lipinski definition) is 6. The van der Waals surface area contributed by atoms with Crippen LogP contribution in [0.3, 0.4) is 0 Å². The Bertz CT molecular complexity index is 1030. The van der Waals surface area contributed by atoms with Crippen LogP contribution < -0.4 is 15.2 Å². The summed E-state index contributed by atoms with van der Waals surface area (Å²) in [5.74, 6) is -1.08. The van der Waals surface area contributed by atoms with E-state index in [9.17, 15) is 15.6 Å². The van der Waals surface area contributed by atoms with Gasteiger partial charge >= 0.3 is 0 Å². The predicted molar refractivity (Wildman–Crippen MR) is 107 cm³/mol. The van der Waals surface area contributed by atoms with Gasteiger partial charge in [-0.05, 0) is 22.9 Å². The van der Waals surface area contributed by atoms with Gasteiger partial charge in [0.25, 0.3) is 0 Å². The third-order valence-electron chi connectivity index (χ3n) is 5.23. The Balaban J connectivity index is 1.96. The lowest BCUT2D eigenvalue weighted by molar-refractivity contribution is -0.746. The van der Waals surface area contributed by atoms with Crippen molar-refractivity contribution in [2.45, 2.75) is 17.7 Å². The van der Waals surface area contributed by atoms with Crippen molar-refractivity contribution in [3.05, 3.63) is 95.0 Å². The maximum absolute atomic E-state index is 12.0. The first-order chi connectivity index (χ1) is 14.2. The molecule has 4 rings (SSSR count). The Morgan fingerprint density at radius 1 is 1.07 bits per heavy atom. The zero-order chi connectivity index (χ0) is 20.3. The monoisotopic (exact) mass is 401 g/mol. The zero-order valence-corrected chi connectivity index (χ0v) is 16.3. The van der Waals surface area contributed by atoms with Gasteiger partial charge < -0.3 is 15.7 Å². The summed E-state index contributed by atoms with van der Waals surface area (Å²) in [5, 5.41) is 38.9. The Morgan fingerprint density at radius 3 is 2.41 bits per heavy atom. The molecule has 1 saturated heterocycles. The summed E-state index contributed by atoms with van der Waals surface area (Å²) in [6, 6.07) is 20.9. The number of aliphatic hydroxyl groups is 1. The molecule has 4 unspecified atom stereocenters. The highest BCUT2D eigenvalue weighted by molar-refractivity contribution is 7.10. The Kier molecular flexibility index (Phi) is 5.28. The summed E-state index contributed by atoms with van der Waals surface area (Å²) in [7, 11) is 0. The molecule has 3 N–H and O–H groups in total. The van der Waals surface area contributed by atoms with Crippen LogP contribution in [-0.2, 0) is 5.72 Å². The normalized spacial score (nSPS) is 26.9. The van der Waals surface area contributed by atoms with Gasteiger partial charge in [-0.15, -0.1) is 17.5 Å². The quantitative estimate of drug-likeness (QED) is 0.270. The zero-order valence-electron chi connectivity index (χ0n) is 15.4. The van der Waals surface area contributed by atoms with Crippen molar-refractivity contribution < 1.29 is 9.67 Å². The fraction of sp³-hybridized carbons (Fsp3) is 0.182. The highest BCUT2D eigenvalue weighted by Crippen LogP contribution is 2.49. The molecule has 2 aromatic heterocycles. The van der Waals surface area contributed by atoms with Gasteiger partial charge in [-0.3, -0.25) is 0 Å². The molecule has 3 aromatic rings. The number of piperidine rings is 1. The molecule has 0 radical (unpaired) electrons. The van der Waals surface area contributed by atoms with Gasteiger partial charge in [-0.1, -0.05) is 42.5 Å². The van der Waals surface area contributed by atoms with Crippen molar-refractivity contribution >= 4 is 11.3 Å². The summed E-state index contributed by atoms with van der Waals surface area (Å²) in [6.07, 6.45) is 5.97. The van der Waals surface area contributed by atoms with E-state index in [-0.39, 0.29) is 0 Å². The maximum atomic E-state index is 12.0. The second-order valence-electron chi connectivity index (χ2n) is 6.83. The van der Waals surface area contributed by atoms with Crippen LogP contribution in [0.25, 0.3) is 0 Å². The van der Waals surface area contributed by atoms with E-state index in [2.05, 4.69) is 16.7 Å². The van der Waals surface area contributed by atoms with Gasteiger partial charge in [0, 0.05) is 24.1 Å². The van der Waals surface area contributed by atoms with Crippen molar-refractivity contribution in [2.75, 3.05) is 0 Å². The summed E-state index contributed by atoms with van der Waals surface area (Å²) in [5.41, 5.74) is -0.609. The van der Waals surface area contributed by atoms with E-state index in [1.165, 1.54) is 11.3 Å². The second kappa shape index (κ2) is 8.02. The van der Waals surface area contributed by atoms with Crippen molar-refractivity contribution in [1.29, 1.82) is 10.5 Å². The molecule has 1 aromatic carbocycles. The van der Waals surface area contributed by atoms with E-state index in [0.717, 1.165) is 5.56 Å². The third kappa shape index (κ3) is 3.37. The van der Waals surface area contributed by atoms with Gasteiger partial charge in [-0.25, -0.2) is 5.26 Å². The molecule has 1 aliphatic rings. The molecular formula is C22H19N5OS. The molecule has 1 aliphatic heterocycles. The highest BCUT2D eigenvalue weighted by Gasteiger charge is 2.55. The van der Waals surface area contributed by atoms with Crippen LogP contribution in [0.15, 0.2) is 78.4 Å².